The Morgan fingerprint density at radius 2 is 1.95 bits per heavy atom. The fourth-order valence-corrected chi connectivity index (χ4v) is 2.79. The lowest BCUT2D eigenvalue weighted by Crippen LogP contribution is -2.04. The van der Waals surface area contributed by atoms with Crippen LogP contribution in [0, 0.1) is 13.8 Å². The van der Waals surface area contributed by atoms with E-state index < -0.39 is 0 Å². The molecule has 0 radical (unpaired) electrons. The second-order valence-corrected chi connectivity index (χ2v) is 5.82. The van der Waals surface area contributed by atoms with Crippen LogP contribution in [0.4, 0.5) is 5.69 Å². The van der Waals surface area contributed by atoms with Crippen molar-refractivity contribution in [1.29, 1.82) is 0 Å². The van der Waals surface area contributed by atoms with Gasteiger partial charge in [-0.2, -0.15) is 0 Å². The molecule has 108 valence electrons. The third-order valence-electron chi connectivity index (χ3n) is 3.52. The van der Waals surface area contributed by atoms with Gasteiger partial charge in [0.15, 0.2) is 0 Å². The molecule has 0 unspecified atom stereocenters. The molecule has 0 spiro atoms. The first-order valence-electron chi connectivity index (χ1n) is 6.68. The van der Waals surface area contributed by atoms with Gasteiger partial charge in [-0.25, -0.2) is 4.98 Å². The molecule has 0 aliphatic heterocycles. The number of nitrogens with zero attached hydrogens (tertiary/aromatic N) is 2. The second kappa shape index (κ2) is 5.58. The number of aromatic nitrogens is 2. The summed E-state index contributed by atoms with van der Waals surface area (Å²) in [5.74, 6) is 0. The van der Waals surface area contributed by atoms with Gasteiger partial charge in [-0.1, -0.05) is 29.3 Å². The molecule has 2 aromatic heterocycles. The Morgan fingerprint density at radius 3 is 2.76 bits per heavy atom. The lowest BCUT2D eigenvalue weighted by Gasteiger charge is -2.11. The molecule has 21 heavy (non-hydrogen) atoms. The molecular weight excluding hydrogens is 305 g/mol. The molecule has 3 nitrogen and oxygen atoms in total. The van der Waals surface area contributed by atoms with Gasteiger partial charge in [0.2, 0.25) is 0 Å². The topological polar surface area (TPSA) is 29.3 Å². The molecule has 5 heteroatoms. The van der Waals surface area contributed by atoms with E-state index in [0.717, 1.165) is 28.3 Å². The lowest BCUT2D eigenvalue weighted by atomic mass is 10.2. The molecule has 0 bridgehead atoms. The van der Waals surface area contributed by atoms with Crippen molar-refractivity contribution in [2.45, 2.75) is 20.4 Å². The molecule has 3 rings (SSSR count). The van der Waals surface area contributed by atoms with Gasteiger partial charge in [0.05, 0.1) is 28.6 Å². The molecule has 1 N–H and O–H groups in total. The zero-order chi connectivity index (χ0) is 15.0. The van der Waals surface area contributed by atoms with E-state index >= 15 is 0 Å². The number of pyridine rings is 1. The minimum Gasteiger partial charge on any atom is -0.378 e. The van der Waals surface area contributed by atoms with Crippen molar-refractivity contribution in [1.82, 2.24) is 9.38 Å². The third-order valence-corrected chi connectivity index (χ3v) is 4.24. The fourth-order valence-electron chi connectivity index (χ4n) is 2.34. The van der Waals surface area contributed by atoms with Crippen molar-refractivity contribution in [3.8, 4) is 0 Å². The standard InChI is InChI=1S/C16H15Cl2N3/c1-10-7-13(18)14(8-12(10)17)19-9-15-11(2)20-16-5-3-4-6-21(15)16/h3-8,19H,9H2,1-2H3. The highest BCUT2D eigenvalue weighted by molar-refractivity contribution is 6.35. The summed E-state index contributed by atoms with van der Waals surface area (Å²) < 4.78 is 2.08. The quantitative estimate of drug-likeness (QED) is 0.746. The van der Waals surface area contributed by atoms with Gasteiger partial charge < -0.3 is 9.72 Å². The molecule has 0 aliphatic rings. The van der Waals surface area contributed by atoms with E-state index in [1.54, 1.807) is 0 Å². The number of anilines is 1. The molecule has 0 aliphatic carbocycles. The Balaban J connectivity index is 1.90. The van der Waals surface area contributed by atoms with E-state index in [1.807, 2.05) is 50.4 Å². The largest absolute Gasteiger partial charge is 0.378 e. The summed E-state index contributed by atoms with van der Waals surface area (Å²) in [6.45, 7) is 4.58. The summed E-state index contributed by atoms with van der Waals surface area (Å²) >= 11 is 12.4. The summed E-state index contributed by atoms with van der Waals surface area (Å²) in [5.41, 5.74) is 4.86. The van der Waals surface area contributed by atoms with E-state index in [2.05, 4.69) is 14.7 Å². The Hall–Kier alpha value is -1.71. The first kappa shape index (κ1) is 14.2. The predicted octanol–water partition coefficient (Wildman–Crippen LogP) is 4.87. The van der Waals surface area contributed by atoms with Crippen LogP contribution in [0.2, 0.25) is 10.0 Å². The van der Waals surface area contributed by atoms with Crippen LogP contribution in [-0.4, -0.2) is 9.38 Å². The number of benzene rings is 1. The summed E-state index contributed by atoms with van der Waals surface area (Å²) in [4.78, 5) is 4.54. The van der Waals surface area contributed by atoms with Crippen molar-refractivity contribution in [2.75, 3.05) is 5.32 Å². The summed E-state index contributed by atoms with van der Waals surface area (Å²) in [6, 6.07) is 9.69. The summed E-state index contributed by atoms with van der Waals surface area (Å²) in [6.07, 6.45) is 2.01. The Kier molecular flexibility index (Phi) is 3.79. The smallest absolute Gasteiger partial charge is 0.137 e. The Morgan fingerprint density at radius 1 is 1.14 bits per heavy atom. The third kappa shape index (κ3) is 2.71. The molecule has 2 heterocycles. The number of hydrogen-bond acceptors (Lipinski definition) is 2. The van der Waals surface area contributed by atoms with Gasteiger partial charge in [0, 0.05) is 11.2 Å². The van der Waals surface area contributed by atoms with Gasteiger partial charge in [-0.05, 0) is 43.7 Å². The van der Waals surface area contributed by atoms with Crippen LogP contribution in [0.25, 0.3) is 5.65 Å². The fraction of sp³-hybridized carbons (Fsp3) is 0.188. The maximum absolute atomic E-state index is 6.26. The maximum Gasteiger partial charge on any atom is 0.137 e. The summed E-state index contributed by atoms with van der Waals surface area (Å²) in [5, 5.41) is 4.71. The van der Waals surface area contributed by atoms with Gasteiger partial charge in [0.25, 0.3) is 0 Å². The zero-order valence-corrected chi connectivity index (χ0v) is 13.3. The highest BCUT2D eigenvalue weighted by atomic mass is 35.5. The van der Waals surface area contributed by atoms with Gasteiger partial charge in [0.1, 0.15) is 5.65 Å². The number of hydrogen-bond donors (Lipinski definition) is 1. The van der Waals surface area contributed by atoms with E-state index in [9.17, 15) is 0 Å². The van der Waals surface area contributed by atoms with Gasteiger partial charge in [-0.3, -0.25) is 0 Å². The minimum atomic E-state index is 0.635. The van der Waals surface area contributed by atoms with Gasteiger partial charge in [-0.15, -0.1) is 0 Å². The number of imidazole rings is 1. The first-order valence-corrected chi connectivity index (χ1v) is 7.44. The number of nitrogens with one attached hydrogen (secondary N) is 1. The lowest BCUT2D eigenvalue weighted by molar-refractivity contribution is 0.987. The van der Waals surface area contributed by atoms with Crippen molar-refractivity contribution in [3.63, 3.8) is 0 Å². The summed E-state index contributed by atoms with van der Waals surface area (Å²) in [7, 11) is 0. The van der Waals surface area contributed by atoms with Crippen LogP contribution in [0.1, 0.15) is 17.0 Å². The SMILES string of the molecule is Cc1cc(Cl)c(NCc2c(C)nc3ccccn23)cc1Cl. The van der Waals surface area contributed by atoms with E-state index in [-0.39, 0.29) is 0 Å². The predicted molar refractivity (Wildman–Crippen MR) is 88.5 cm³/mol. The number of halogens is 2. The number of rotatable bonds is 3. The molecule has 3 aromatic rings. The number of aryl methyl sites for hydroxylation is 2. The van der Waals surface area contributed by atoms with Crippen LogP contribution < -0.4 is 5.32 Å². The van der Waals surface area contributed by atoms with Crippen LogP contribution in [0.15, 0.2) is 36.5 Å². The van der Waals surface area contributed by atoms with E-state index in [4.69, 9.17) is 23.2 Å². The van der Waals surface area contributed by atoms with Crippen molar-refractivity contribution in [2.24, 2.45) is 0 Å². The highest BCUT2D eigenvalue weighted by Crippen LogP contribution is 2.29. The Labute approximate surface area is 133 Å². The zero-order valence-electron chi connectivity index (χ0n) is 11.8. The van der Waals surface area contributed by atoms with Crippen molar-refractivity contribution < 1.29 is 0 Å². The van der Waals surface area contributed by atoms with Crippen LogP contribution in [0.3, 0.4) is 0 Å². The highest BCUT2D eigenvalue weighted by Gasteiger charge is 2.09. The molecule has 0 amide bonds. The van der Waals surface area contributed by atoms with Crippen molar-refractivity contribution >= 4 is 34.5 Å². The second-order valence-electron chi connectivity index (χ2n) is 5.01. The van der Waals surface area contributed by atoms with Gasteiger partial charge >= 0.3 is 0 Å². The normalized spacial score (nSPS) is 11.0. The molecule has 0 saturated carbocycles. The Bertz CT molecular complexity index is 809. The monoisotopic (exact) mass is 319 g/mol. The van der Waals surface area contributed by atoms with Crippen LogP contribution in [0.5, 0.6) is 0 Å². The molecule has 0 atom stereocenters. The van der Waals surface area contributed by atoms with E-state index in [0.29, 0.717) is 16.6 Å². The molecule has 0 fully saturated rings. The number of fused-ring (bicyclic) bond motifs is 1. The molecule has 1 aromatic carbocycles. The van der Waals surface area contributed by atoms with Crippen LogP contribution >= 0.6 is 23.2 Å². The first-order chi connectivity index (χ1) is 10.1. The maximum atomic E-state index is 6.26. The van der Waals surface area contributed by atoms with Crippen LogP contribution in [-0.2, 0) is 6.54 Å². The van der Waals surface area contributed by atoms with Crippen molar-refractivity contribution in [3.05, 3.63) is 63.5 Å². The minimum absolute atomic E-state index is 0.635. The molecular formula is C16H15Cl2N3. The average Bonchev–Trinajstić information content (AvgIpc) is 2.77. The average molecular weight is 320 g/mol. The van der Waals surface area contributed by atoms with E-state index in [1.165, 1.54) is 0 Å². The molecule has 0 saturated heterocycles.